The van der Waals surface area contributed by atoms with Crippen LogP contribution in [0.5, 0.6) is 0 Å². The molecule has 2 unspecified atom stereocenters. The van der Waals surface area contributed by atoms with Crippen molar-refractivity contribution in [1.29, 1.82) is 0 Å². The predicted molar refractivity (Wildman–Crippen MR) is 57.3 cm³/mol. The fourth-order valence-electron chi connectivity index (χ4n) is 2.15. The third-order valence-electron chi connectivity index (χ3n) is 3.54. The maximum Gasteiger partial charge on any atom is 0.227 e. The Morgan fingerprint density at radius 2 is 2.20 bits per heavy atom. The van der Waals surface area contributed by atoms with E-state index in [9.17, 15) is 4.79 Å². The quantitative estimate of drug-likeness (QED) is 0.703. The van der Waals surface area contributed by atoms with Crippen molar-refractivity contribution in [3.63, 3.8) is 0 Å². The van der Waals surface area contributed by atoms with Crippen molar-refractivity contribution >= 4 is 5.91 Å². The number of nitrogens with two attached hydrogens (primary N) is 1. The van der Waals surface area contributed by atoms with Gasteiger partial charge in [0.25, 0.3) is 0 Å². The van der Waals surface area contributed by atoms with Crippen LogP contribution < -0.4 is 11.1 Å². The van der Waals surface area contributed by atoms with Crippen LogP contribution in [0.3, 0.4) is 0 Å². The predicted octanol–water partition coefficient (Wildman–Crippen LogP) is 0.266. The molecule has 1 aliphatic carbocycles. The maximum absolute atomic E-state index is 11.7. The highest BCUT2D eigenvalue weighted by molar-refractivity contribution is 5.79. The molecule has 1 amide bonds. The second-order valence-corrected chi connectivity index (χ2v) is 4.68. The fourth-order valence-corrected chi connectivity index (χ4v) is 2.15. The van der Waals surface area contributed by atoms with Gasteiger partial charge in [-0.15, -0.1) is 0 Å². The average molecular weight is 212 g/mol. The van der Waals surface area contributed by atoms with Gasteiger partial charge in [0.15, 0.2) is 0 Å². The largest absolute Gasteiger partial charge is 0.379 e. The minimum absolute atomic E-state index is 0.0688. The lowest BCUT2D eigenvalue weighted by Crippen LogP contribution is -2.41. The van der Waals surface area contributed by atoms with E-state index in [1.54, 1.807) is 0 Å². The Balaban J connectivity index is 1.63. The number of rotatable bonds is 4. The summed E-state index contributed by atoms with van der Waals surface area (Å²) >= 11 is 0. The molecule has 3 N–H and O–H groups in total. The molecule has 2 rings (SSSR count). The molecule has 0 bridgehead atoms. The summed E-state index contributed by atoms with van der Waals surface area (Å²) in [6, 6.07) is -0.117. The highest BCUT2D eigenvalue weighted by Crippen LogP contribution is 2.28. The lowest BCUT2D eigenvalue weighted by molar-refractivity contribution is -0.125. The molecule has 0 spiro atoms. The number of nitrogens with one attached hydrogen (secondary N) is 1. The van der Waals surface area contributed by atoms with E-state index >= 15 is 0 Å². The Labute approximate surface area is 90.5 Å². The SMILES string of the molecule is NC1COCC1C(=O)NCCC1CCC1. The number of ether oxygens (including phenoxy) is 1. The molecule has 4 heteroatoms. The minimum atomic E-state index is -0.133. The zero-order chi connectivity index (χ0) is 10.7. The van der Waals surface area contributed by atoms with Crippen molar-refractivity contribution in [1.82, 2.24) is 5.32 Å². The summed E-state index contributed by atoms with van der Waals surface area (Å²) in [5, 5.41) is 2.96. The van der Waals surface area contributed by atoms with Gasteiger partial charge in [0, 0.05) is 12.6 Å². The molecule has 4 nitrogen and oxygen atoms in total. The standard InChI is InChI=1S/C11H20N2O2/c12-10-7-15-6-9(10)11(14)13-5-4-8-2-1-3-8/h8-10H,1-7,12H2,(H,13,14). The molecule has 1 saturated carbocycles. The molecule has 15 heavy (non-hydrogen) atoms. The number of carbonyl (C=O) groups is 1. The number of amides is 1. The van der Waals surface area contributed by atoms with Crippen molar-refractivity contribution in [3.8, 4) is 0 Å². The zero-order valence-electron chi connectivity index (χ0n) is 9.08. The Hall–Kier alpha value is -0.610. The summed E-state index contributed by atoms with van der Waals surface area (Å²) in [5.41, 5.74) is 5.76. The van der Waals surface area contributed by atoms with Crippen molar-refractivity contribution < 1.29 is 9.53 Å². The van der Waals surface area contributed by atoms with Crippen LogP contribution >= 0.6 is 0 Å². The smallest absolute Gasteiger partial charge is 0.227 e. The Morgan fingerprint density at radius 1 is 1.40 bits per heavy atom. The molecule has 1 aliphatic heterocycles. The summed E-state index contributed by atoms with van der Waals surface area (Å²) < 4.78 is 5.16. The maximum atomic E-state index is 11.7. The lowest BCUT2D eigenvalue weighted by Gasteiger charge is -2.25. The zero-order valence-corrected chi connectivity index (χ0v) is 9.08. The molecular weight excluding hydrogens is 192 g/mol. The van der Waals surface area contributed by atoms with E-state index in [4.69, 9.17) is 10.5 Å². The highest BCUT2D eigenvalue weighted by Gasteiger charge is 2.31. The lowest BCUT2D eigenvalue weighted by atomic mass is 9.83. The molecule has 0 aromatic rings. The van der Waals surface area contributed by atoms with Gasteiger partial charge in [-0.3, -0.25) is 4.79 Å². The van der Waals surface area contributed by atoms with Crippen molar-refractivity contribution in [3.05, 3.63) is 0 Å². The molecule has 2 atom stereocenters. The van der Waals surface area contributed by atoms with Gasteiger partial charge in [0.1, 0.15) is 0 Å². The van der Waals surface area contributed by atoms with Crippen LogP contribution in [0, 0.1) is 11.8 Å². The summed E-state index contributed by atoms with van der Waals surface area (Å²) in [4.78, 5) is 11.7. The molecule has 0 aromatic heterocycles. The van der Waals surface area contributed by atoms with Gasteiger partial charge in [-0.05, 0) is 12.3 Å². The second kappa shape index (κ2) is 4.94. The molecule has 1 heterocycles. The molecule has 2 aliphatic rings. The van der Waals surface area contributed by atoms with Crippen LogP contribution in [-0.4, -0.2) is 31.7 Å². The number of hydrogen-bond acceptors (Lipinski definition) is 3. The molecule has 1 saturated heterocycles. The van der Waals surface area contributed by atoms with Crippen LogP contribution in [0.2, 0.25) is 0 Å². The van der Waals surface area contributed by atoms with E-state index in [0.717, 1.165) is 18.9 Å². The molecule has 2 fully saturated rings. The van der Waals surface area contributed by atoms with Crippen molar-refractivity contribution in [2.75, 3.05) is 19.8 Å². The van der Waals surface area contributed by atoms with Gasteiger partial charge in [-0.1, -0.05) is 19.3 Å². The summed E-state index contributed by atoms with van der Waals surface area (Å²) in [6.45, 7) is 1.80. The Kier molecular flexibility index (Phi) is 3.59. The Morgan fingerprint density at radius 3 is 2.73 bits per heavy atom. The first kappa shape index (κ1) is 10.9. The van der Waals surface area contributed by atoms with Gasteiger partial charge < -0.3 is 15.8 Å². The van der Waals surface area contributed by atoms with Gasteiger partial charge in [-0.2, -0.15) is 0 Å². The summed E-state index contributed by atoms with van der Waals surface area (Å²) in [5.74, 6) is 0.782. The van der Waals surface area contributed by atoms with Gasteiger partial charge in [0.05, 0.1) is 19.1 Å². The summed E-state index contributed by atoms with van der Waals surface area (Å²) in [7, 11) is 0. The second-order valence-electron chi connectivity index (χ2n) is 4.68. The summed E-state index contributed by atoms with van der Waals surface area (Å²) in [6.07, 6.45) is 5.15. The highest BCUT2D eigenvalue weighted by atomic mass is 16.5. The fraction of sp³-hybridized carbons (Fsp3) is 0.909. The first-order valence-electron chi connectivity index (χ1n) is 5.88. The van der Waals surface area contributed by atoms with Crippen LogP contribution in [0.4, 0.5) is 0 Å². The van der Waals surface area contributed by atoms with Crippen LogP contribution in [-0.2, 0) is 9.53 Å². The monoisotopic (exact) mass is 212 g/mol. The number of carbonyl (C=O) groups excluding carboxylic acids is 1. The van der Waals surface area contributed by atoms with Gasteiger partial charge in [0.2, 0.25) is 5.91 Å². The van der Waals surface area contributed by atoms with E-state index in [1.165, 1.54) is 19.3 Å². The number of hydrogen-bond donors (Lipinski definition) is 2. The molecular formula is C11H20N2O2. The molecule has 0 radical (unpaired) electrons. The van der Waals surface area contributed by atoms with E-state index in [0.29, 0.717) is 13.2 Å². The third-order valence-corrected chi connectivity index (χ3v) is 3.54. The minimum Gasteiger partial charge on any atom is -0.379 e. The van der Waals surface area contributed by atoms with E-state index in [1.807, 2.05) is 0 Å². The topological polar surface area (TPSA) is 64.3 Å². The van der Waals surface area contributed by atoms with E-state index < -0.39 is 0 Å². The van der Waals surface area contributed by atoms with E-state index in [-0.39, 0.29) is 17.9 Å². The van der Waals surface area contributed by atoms with Gasteiger partial charge >= 0.3 is 0 Å². The average Bonchev–Trinajstić information content (AvgIpc) is 2.55. The molecule has 0 aromatic carbocycles. The third kappa shape index (κ3) is 2.69. The van der Waals surface area contributed by atoms with Crippen LogP contribution in [0.25, 0.3) is 0 Å². The molecule has 86 valence electrons. The first-order valence-corrected chi connectivity index (χ1v) is 5.88. The Bertz CT molecular complexity index is 229. The van der Waals surface area contributed by atoms with Gasteiger partial charge in [-0.25, -0.2) is 0 Å². The van der Waals surface area contributed by atoms with Crippen molar-refractivity contribution in [2.24, 2.45) is 17.6 Å². The first-order chi connectivity index (χ1) is 7.27. The normalized spacial score (nSPS) is 31.3. The van der Waals surface area contributed by atoms with Crippen molar-refractivity contribution in [2.45, 2.75) is 31.7 Å². The van der Waals surface area contributed by atoms with Crippen LogP contribution in [0.1, 0.15) is 25.7 Å². The van der Waals surface area contributed by atoms with Crippen LogP contribution in [0.15, 0.2) is 0 Å². The van der Waals surface area contributed by atoms with E-state index in [2.05, 4.69) is 5.32 Å².